The van der Waals surface area contributed by atoms with E-state index in [1.165, 1.54) is 0 Å². The number of carbonyl (C=O) groups excluding carboxylic acids is 3. The number of ether oxygens (including phenoxy) is 2. The van der Waals surface area contributed by atoms with Crippen LogP contribution in [0.5, 0.6) is 0 Å². The standard InChI is InChI=1S/C16H20BrNO5/c1-5-22-14(20)12(18-15(21)23-16(2,3)4)13(19)10-7-6-8-11(17)9-10/h6-9,12H,5H2,1-4H3,(H,18,21). The minimum absolute atomic E-state index is 0.0943. The molecule has 0 aliphatic heterocycles. The van der Waals surface area contributed by atoms with Crippen LogP contribution < -0.4 is 5.32 Å². The Morgan fingerprint density at radius 3 is 2.43 bits per heavy atom. The first kappa shape index (κ1) is 19.2. The molecule has 1 amide bonds. The molecule has 0 aromatic heterocycles. The minimum atomic E-state index is -1.46. The SMILES string of the molecule is CCOC(=O)C(NC(=O)OC(C)(C)C)C(=O)c1cccc(Br)c1. The Hall–Kier alpha value is -1.89. The minimum Gasteiger partial charge on any atom is -0.464 e. The topological polar surface area (TPSA) is 81.7 Å². The number of halogens is 1. The Labute approximate surface area is 143 Å². The van der Waals surface area contributed by atoms with Gasteiger partial charge >= 0.3 is 12.1 Å². The summed E-state index contributed by atoms with van der Waals surface area (Å²) in [5, 5.41) is 2.28. The molecule has 0 heterocycles. The van der Waals surface area contributed by atoms with Crippen LogP contribution >= 0.6 is 15.9 Å². The number of esters is 1. The third kappa shape index (κ3) is 6.40. The molecule has 6 nitrogen and oxygen atoms in total. The summed E-state index contributed by atoms with van der Waals surface area (Å²) in [7, 11) is 0. The van der Waals surface area contributed by atoms with Crippen LogP contribution in [0.1, 0.15) is 38.1 Å². The molecule has 0 saturated carbocycles. The molecule has 1 rings (SSSR count). The monoisotopic (exact) mass is 385 g/mol. The fourth-order valence-electron chi connectivity index (χ4n) is 1.69. The quantitative estimate of drug-likeness (QED) is 0.478. The average Bonchev–Trinajstić information content (AvgIpc) is 2.42. The Kier molecular flexibility index (Phi) is 6.75. The first-order chi connectivity index (χ1) is 10.6. The molecule has 23 heavy (non-hydrogen) atoms. The van der Waals surface area contributed by atoms with Crippen LogP contribution in [0.2, 0.25) is 0 Å². The fraction of sp³-hybridized carbons (Fsp3) is 0.438. The molecule has 0 fully saturated rings. The summed E-state index contributed by atoms with van der Waals surface area (Å²) >= 11 is 3.26. The number of hydrogen-bond acceptors (Lipinski definition) is 5. The van der Waals surface area contributed by atoms with Crippen molar-refractivity contribution in [3.8, 4) is 0 Å². The van der Waals surface area contributed by atoms with Crippen molar-refractivity contribution >= 4 is 33.8 Å². The molecule has 1 aromatic rings. The lowest BCUT2D eigenvalue weighted by atomic mass is 10.0. The number of rotatable bonds is 5. The molecule has 1 aromatic carbocycles. The molecule has 1 atom stereocenters. The molecule has 126 valence electrons. The van der Waals surface area contributed by atoms with Gasteiger partial charge in [0, 0.05) is 10.0 Å². The number of alkyl carbamates (subject to hydrolysis) is 1. The van der Waals surface area contributed by atoms with Crippen LogP contribution in [0.25, 0.3) is 0 Å². The molecule has 0 saturated heterocycles. The van der Waals surface area contributed by atoms with Crippen molar-refractivity contribution in [2.45, 2.75) is 39.3 Å². The normalized spacial score (nSPS) is 12.2. The zero-order valence-electron chi connectivity index (χ0n) is 13.5. The molecular formula is C16H20BrNO5. The van der Waals surface area contributed by atoms with E-state index in [0.29, 0.717) is 4.47 Å². The summed E-state index contributed by atoms with van der Waals surface area (Å²) in [5.41, 5.74) is -0.476. The van der Waals surface area contributed by atoms with Gasteiger partial charge < -0.3 is 14.8 Å². The summed E-state index contributed by atoms with van der Waals surface area (Å²) in [5.74, 6) is -1.40. The summed E-state index contributed by atoms with van der Waals surface area (Å²) in [6.07, 6.45) is -0.862. The smallest absolute Gasteiger partial charge is 0.408 e. The Balaban J connectivity index is 2.98. The van der Waals surface area contributed by atoms with E-state index in [-0.39, 0.29) is 12.2 Å². The lowest BCUT2D eigenvalue weighted by Crippen LogP contribution is -2.49. The molecule has 0 bridgehead atoms. The Morgan fingerprint density at radius 1 is 1.26 bits per heavy atom. The lowest BCUT2D eigenvalue weighted by Gasteiger charge is -2.22. The maximum atomic E-state index is 12.5. The van der Waals surface area contributed by atoms with E-state index in [0.717, 1.165) is 0 Å². The van der Waals surface area contributed by atoms with Gasteiger partial charge in [-0.3, -0.25) is 4.79 Å². The van der Waals surface area contributed by atoms with E-state index < -0.39 is 29.5 Å². The number of amides is 1. The van der Waals surface area contributed by atoms with Crippen molar-refractivity contribution in [3.63, 3.8) is 0 Å². The predicted molar refractivity (Wildman–Crippen MR) is 88.3 cm³/mol. The van der Waals surface area contributed by atoms with E-state index in [1.807, 2.05) is 0 Å². The largest absolute Gasteiger partial charge is 0.464 e. The molecule has 7 heteroatoms. The van der Waals surface area contributed by atoms with Crippen LogP contribution in [0.4, 0.5) is 4.79 Å². The van der Waals surface area contributed by atoms with E-state index in [4.69, 9.17) is 9.47 Å². The second kappa shape index (κ2) is 8.10. The zero-order chi connectivity index (χ0) is 17.6. The first-order valence-corrected chi connectivity index (χ1v) is 7.89. The van der Waals surface area contributed by atoms with Gasteiger partial charge in [-0.2, -0.15) is 0 Å². The van der Waals surface area contributed by atoms with Gasteiger partial charge in [-0.1, -0.05) is 28.1 Å². The molecule has 0 aliphatic rings. The summed E-state index contributed by atoms with van der Waals surface area (Å²) in [4.78, 5) is 36.4. The summed E-state index contributed by atoms with van der Waals surface area (Å²) in [6.45, 7) is 6.76. The van der Waals surface area contributed by atoms with Gasteiger partial charge in [0.05, 0.1) is 6.61 Å². The van der Waals surface area contributed by atoms with Crippen molar-refractivity contribution in [1.29, 1.82) is 0 Å². The zero-order valence-corrected chi connectivity index (χ0v) is 15.1. The van der Waals surface area contributed by atoms with Gasteiger partial charge in [-0.15, -0.1) is 0 Å². The molecule has 0 radical (unpaired) electrons. The highest BCUT2D eigenvalue weighted by Crippen LogP contribution is 2.14. The van der Waals surface area contributed by atoms with Gasteiger partial charge in [0.25, 0.3) is 0 Å². The van der Waals surface area contributed by atoms with Crippen LogP contribution in [0, 0.1) is 0 Å². The number of carbonyl (C=O) groups is 3. The van der Waals surface area contributed by atoms with Crippen LogP contribution in [-0.2, 0) is 14.3 Å². The molecule has 1 N–H and O–H groups in total. The maximum absolute atomic E-state index is 12.5. The van der Waals surface area contributed by atoms with Gasteiger partial charge in [-0.05, 0) is 39.8 Å². The van der Waals surface area contributed by atoms with Crippen molar-refractivity contribution < 1.29 is 23.9 Å². The third-order valence-electron chi connectivity index (χ3n) is 2.55. The van der Waals surface area contributed by atoms with Gasteiger partial charge in [-0.25, -0.2) is 9.59 Å². The van der Waals surface area contributed by atoms with Gasteiger partial charge in [0.2, 0.25) is 0 Å². The molecule has 1 unspecified atom stereocenters. The lowest BCUT2D eigenvalue weighted by molar-refractivity contribution is -0.144. The van der Waals surface area contributed by atoms with Crippen molar-refractivity contribution in [2.24, 2.45) is 0 Å². The number of Topliss-reactive ketones (excluding diaryl/α,β-unsaturated/α-hetero) is 1. The maximum Gasteiger partial charge on any atom is 0.408 e. The Bertz CT molecular complexity index is 594. The average molecular weight is 386 g/mol. The van der Waals surface area contributed by atoms with Crippen molar-refractivity contribution in [1.82, 2.24) is 5.32 Å². The second-order valence-corrected chi connectivity index (χ2v) is 6.62. The highest BCUT2D eigenvalue weighted by atomic mass is 79.9. The number of nitrogens with one attached hydrogen (secondary N) is 1. The van der Waals surface area contributed by atoms with Crippen LogP contribution in [0.15, 0.2) is 28.7 Å². The highest BCUT2D eigenvalue weighted by molar-refractivity contribution is 9.10. The molecule has 0 aliphatic carbocycles. The van der Waals surface area contributed by atoms with Gasteiger partial charge in [0.15, 0.2) is 11.8 Å². The van der Waals surface area contributed by atoms with E-state index in [9.17, 15) is 14.4 Å². The predicted octanol–water partition coefficient (Wildman–Crippen LogP) is 3.09. The molecular weight excluding hydrogens is 366 g/mol. The third-order valence-corrected chi connectivity index (χ3v) is 3.05. The number of benzene rings is 1. The van der Waals surface area contributed by atoms with Crippen molar-refractivity contribution in [3.05, 3.63) is 34.3 Å². The van der Waals surface area contributed by atoms with Gasteiger partial charge in [0.1, 0.15) is 5.60 Å². The first-order valence-electron chi connectivity index (χ1n) is 7.10. The highest BCUT2D eigenvalue weighted by Gasteiger charge is 2.32. The fourth-order valence-corrected chi connectivity index (χ4v) is 2.09. The van der Waals surface area contributed by atoms with E-state index in [1.54, 1.807) is 52.0 Å². The summed E-state index contributed by atoms with van der Waals surface area (Å²) in [6, 6.07) is 5.06. The number of hydrogen-bond donors (Lipinski definition) is 1. The van der Waals surface area contributed by atoms with E-state index in [2.05, 4.69) is 21.2 Å². The van der Waals surface area contributed by atoms with Crippen LogP contribution in [0.3, 0.4) is 0 Å². The second-order valence-electron chi connectivity index (χ2n) is 5.71. The van der Waals surface area contributed by atoms with E-state index >= 15 is 0 Å². The van der Waals surface area contributed by atoms with Crippen LogP contribution in [-0.4, -0.2) is 36.1 Å². The summed E-state index contributed by atoms with van der Waals surface area (Å²) < 4.78 is 10.6. The Morgan fingerprint density at radius 2 is 1.91 bits per heavy atom. The number of ketones is 1. The molecule has 0 spiro atoms. The van der Waals surface area contributed by atoms with Crippen molar-refractivity contribution in [2.75, 3.05) is 6.61 Å².